The SMILES string of the molecule is CCCC(Cc1ccccc1)NCCN1CCOCC1. The van der Waals surface area contributed by atoms with E-state index in [1.54, 1.807) is 0 Å². The number of nitrogens with one attached hydrogen (secondary N) is 1. The van der Waals surface area contributed by atoms with Crippen LogP contribution in [0.15, 0.2) is 30.3 Å². The molecule has 1 fully saturated rings. The first kappa shape index (κ1) is 15.5. The molecule has 1 aliphatic heterocycles. The highest BCUT2D eigenvalue weighted by molar-refractivity contribution is 5.15. The molecule has 0 bridgehead atoms. The fourth-order valence-electron chi connectivity index (χ4n) is 2.77. The number of hydrogen-bond acceptors (Lipinski definition) is 3. The van der Waals surface area contributed by atoms with E-state index in [0.717, 1.165) is 45.8 Å². The zero-order chi connectivity index (χ0) is 14.0. The normalized spacial score (nSPS) is 18.1. The third-order valence-electron chi connectivity index (χ3n) is 3.93. The van der Waals surface area contributed by atoms with Crippen LogP contribution in [0, 0.1) is 0 Å². The van der Waals surface area contributed by atoms with Crippen molar-refractivity contribution in [3.8, 4) is 0 Å². The molecule has 20 heavy (non-hydrogen) atoms. The molecule has 1 aliphatic rings. The molecule has 0 saturated carbocycles. The lowest BCUT2D eigenvalue weighted by molar-refractivity contribution is 0.0381. The van der Waals surface area contributed by atoms with Gasteiger partial charge in [0.15, 0.2) is 0 Å². The summed E-state index contributed by atoms with van der Waals surface area (Å²) in [6.07, 6.45) is 3.62. The molecule has 2 rings (SSSR count). The van der Waals surface area contributed by atoms with Gasteiger partial charge in [-0.1, -0.05) is 43.7 Å². The lowest BCUT2D eigenvalue weighted by atomic mass is 10.0. The summed E-state index contributed by atoms with van der Waals surface area (Å²) in [6, 6.07) is 11.4. The molecule has 0 aliphatic carbocycles. The Bertz CT molecular complexity index is 349. The number of nitrogens with zero attached hydrogens (tertiary/aromatic N) is 1. The Labute approximate surface area is 123 Å². The first-order valence-electron chi connectivity index (χ1n) is 7.96. The molecular weight excluding hydrogens is 248 g/mol. The molecular formula is C17H28N2O. The second-order valence-electron chi connectivity index (χ2n) is 5.58. The average Bonchev–Trinajstić information content (AvgIpc) is 2.49. The minimum Gasteiger partial charge on any atom is -0.379 e. The zero-order valence-corrected chi connectivity index (χ0v) is 12.7. The second kappa shape index (κ2) is 9.11. The van der Waals surface area contributed by atoms with Crippen LogP contribution >= 0.6 is 0 Å². The Hall–Kier alpha value is -0.900. The molecule has 0 radical (unpaired) electrons. The highest BCUT2D eigenvalue weighted by atomic mass is 16.5. The van der Waals surface area contributed by atoms with Gasteiger partial charge in [-0.05, 0) is 18.4 Å². The van der Waals surface area contributed by atoms with Gasteiger partial charge in [0.05, 0.1) is 13.2 Å². The third kappa shape index (κ3) is 5.61. The summed E-state index contributed by atoms with van der Waals surface area (Å²) in [7, 11) is 0. The van der Waals surface area contributed by atoms with Crippen LogP contribution in [-0.2, 0) is 11.2 Å². The van der Waals surface area contributed by atoms with Crippen molar-refractivity contribution in [3.63, 3.8) is 0 Å². The molecule has 112 valence electrons. The number of morpholine rings is 1. The summed E-state index contributed by atoms with van der Waals surface area (Å²) < 4.78 is 5.38. The molecule has 0 amide bonds. The highest BCUT2D eigenvalue weighted by Gasteiger charge is 2.12. The van der Waals surface area contributed by atoms with Crippen molar-refractivity contribution in [1.29, 1.82) is 0 Å². The van der Waals surface area contributed by atoms with Crippen LogP contribution < -0.4 is 5.32 Å². The lowest BCUT2D eigenvalue weighted by Gasteiger charge is -2.27. The van der Waals surface area contributed by atoms with Crippen molar-refractivity contribution in [1.82, 2.24) is 10.2 Å². The Morgan fingerprint density at radius 1 is 1.20 bits per heavy atom. The fourth-order valence-corrected chi connectivity index (χ4v) is 2.77. The Kier molecular flexibility index (Phi) is 7.06. The molecule has 1 aromatic rings. The number of ether oxygens (including phenoxy) is 1. The minimum atomic E-state index is 0.600. The minimum absolute atomic E-state index is 0.600. The van der Waals surface area contributed by atoms with Gasteiger partial charge in [0.2, 0.25) is 0 Å². The van der Waals surface area contributed by atoms with E-state index in [1.165, 1.54) is 18.4 Å². The molecule has 1 aromatic carbocycles. The van der Waals surface area contributed by atoms with Crippen molar-refractivity contribution in [2.75, 3.05) is 39.4 Å². The number of hydrogen-bond donors (Lipinski definition) is 1. The summed E-state index contributed by atoms with van der Waals surface area (Å²) in [5.41, 5.74) is 1.44. The van der Waals surface area contributed by atoms with E-state index in [9.17, 15) is 0 Å². The monoisotopic (exact) mass is 276 g/mol. The van der Waals surface area contributed by atoms with E-state index in [-0.39, 0.29) is 0 Å². The predicted octanol–water partition coefficient (Wildman–Crippen LogP) is 2.32. The molecule has 0 aromatic heterocycles. The van der Waals surface area contributed by atoms with Gasteiger partial charge in [-0.2, -0.15) is 0 Å². The van der Waals surface area contributed by atoms with Crippen LogP contribution in [0.25, 0.3) is 0 Å². The molecule has 1 atom stereocenters. The van der Waals surface area contributed by atoms with Crippen LogP contribution in [-0.4, -0.2) is 50.3 Å². The van der Waals surface area contributed by atoms with E-state index in [4.69, 9.17) is 4.74 Å². The van der Waals surface area contributed by atoms with Gasteiger partial charge >= 0.3 is 0 Å². The zero-order valence-electron chi connectivity index (χ0n) is 12.7. The van der Waals surface area contributed by atoms with Gasteiger partial charge in [0, 0.05) is 32.2 Å². The lowest BCUT2D eigenvalue weighted by Crippen LogP contribution is -2.42. The van der Waals surface area contributed by atoms with Crippen LogP contribution in [0.5, 0.6) is 0 Å². The molecule has 1 N–H and O–H groups in total. The topological polar surface area (TPSA) is 24.5 Å². The van der Waals surface area contributed by atoms with E-state index in [1.807, 2.05) is 0 Å². The van der Waals surface area contributed by atoms with Crippen LogP contribution in [0.2, 0.25) is 0 Å². The van der Waals surface area contributed by atoms with E-state index in [2.05, 4.69) is 47.5 Å². The Morgan fingerprint density at radius 3 is 2.65 bits per heavy atom. The fraction of sp³-hybridized carbons (Fsp3) is 0.647. The van der Waals surface area contributed by atoms with E-state index < -0.39 is 0 Å². The van der Waals surface area contributed by atoms with Gasteiger partial charge in [0.1, 0.15) is 0 Å². The maximum Gasteiger partial charge on any atom is 0.0594 e. The molecule has 1 saturated heterocycles. The Morgan fingerprint density at radius 2 is 1.95 bits per heavy atom. The molecule has 1 heterocycles. The Balaban J connectivity index is 1.71. The highest BCUT2D eigenvalue weighted by Crippen LogP contribution is 2.07. The van der Waals surface area contributed by atoms with Gasteiger partial charge in [0.25, 0.3) is 0 Å². The first-order chi connectivity index (χ1) is 9.88. The summed E-state index contributed by atoms with van der Waals surface area (Å²) in [4.78, 5) is 2.49. The summed E-state index contributed by atoms with van der Waals surface area (Å²) in [5, 5.41) is 3.73. The summed E-state index contributed by atoms with van der Waals surface area (Å²) in [5.74, 6) is 0. The molecule has 3 nitrogen and oxygen atoms in total. The maximum absolute atomic E-state index is 5.38. The van der Waals surface area contributed by atoms with Crippen LogP contribution in [0.1, 0.15) is 25.3 Å². The van der Waals surface area contributed by atoms with Crippen molar-refractivity contribution in [3.05, 3.63) is 35.9 Å². The van der Waals surface area contributed by atoms with Crippen molar-refractivity contribution in [2.24, 2.45) is 0 Å². The maximum atomic E-state index is 5.38. The van der Waals surface area contributed by atoms with Gasteiger partial charge in [-0.15, -0.1) is 0 Å². The summed E-state index contributed by atoms with van der Waals surface area (Å²) >= 11 is 0. The van der Waals surface area contributed by atoms with Gasteiger partial charge in [-0.3, -0.25) is 4.90 Å². The largest absolute Gasteiger partial charge is 0.379 e. The van der Waals surface area contributed by atoms with Crippen LogP contribution in [0.3, 0.4) is 0 Å². The van der Waals surface area contributed by atoms with Crippen LogP contribution in [0.4, 0.5) is 0 Å². The van der Waals surface area contributed by atoms with Crippen molar-refractivity contribution < 1.29 is 4.74 Å². The van der Waals surface area contributed by atoms with Crippen molar-refractivity contribution in [2.45, 2.75) is 32.2 Å². The second-order valence-corrected chi connectivity index (χ2v) is 5.58. The summed E-state index contributed by atoms with van der Waals surface area (Å²) in [6.45, 7) is 8.43. The standard InChI is InChI=1S/C17H28N2O/c1-2-6-17(15-16-7-4-3-5-8-16)18-9-10-19-11-13-20-14-12-19/h3-5,7-8,17-18H,2,6,9-15H2,1H3. The third-order valence-corrected chi connectivity index (χ3v) is 3.93. The quantitative estimate of drug-likeness (QED) is 0.788. The average molecular weight is 276 g/mol. The number of benzene rings is 1. The van der Waals surface area contributed by atoms with Gasteiger partial charge in [-0.25, -0.2) is 0 Å². The number of rotatable bonds is 8. The van der Waals surface area contributed by atoms with E-state index in [0.29, 0.717) is 6.04 Å². The molecule has 1 unspecified atom stereocenters. The van der Waals surface area contributed by atoms with Crippen molar-refractivity contribution >= 4 is 0 Å². The smallest absolute Gasteiger partial charge is 0.0594 e. The predicted molar refractivity (Wildman–Crippen MR) is 84.1 cm³/mol. The molecule has 0 spiro atoms. The molecule has 3 heteroatoms. The van der Waals surface area contributed by atoms with Gasteiger partial charge < -0.3 is 10.1 Å². The van der Waals surface area contributed by atoms with E-state index >= 15 is 0 Å². The first-order valence-corrected chi connectivity index (χ1v) is 7.96.